The third kappa shape index (κ3) is 2.77. The molecule has 0 spiro atoms. The molecular weight excluding hydrogens is 285 g/mol. The normalized spacial score (nSPS) is 22.6. The molecule has 4 nitrogen and oxygen atoms in total. The molecule has 0 radical (unpaired) electrons. The Bertz CT molecular complexity index is 563. The molecule has 20 heavy (non-hydrogen) atoms. The zero-order valence-electron chi connectivity index (χ0n) is 11.0. The molecule has 0 bridgehead atoms. The molecule has 1 aliphatic heterocycles. The topological polar surface area (TPSA) is 57.6 Å². The van der Waals surface area contributed by atoms with Crippen LogP contribution in [0.3, 0.4) is 0 Å². The maximum absolute atomic E-state index is 13.0. The minimum Gasteiger partial charge on any atom is -0.481 e. The van der Waals surface area contributed by atoms with E-state index in [0.29, 0.717) is 19.4 Å². The molecule has 108 valence electrons. The molecule has 0 aromatic heterocycles. The molecule has 6 heteroatoms. The van der Waals surface area contributed by atoms with Crippen LogP contribution >= 0.6 is 11.6 Å². The Morgan fingerprint density at radius 2 is 2.15 bits per heavy atom. The predicted octanol–water partition coefficient (Wildman–Crippen LogP) is 2.81. The van der Waals surface area contributed by atoms with Crippen LogP contribution in [0.4, 0.5) is 4.39 Å². The first kappa shape index (κ1) is 14.8. The Morgan fingerprint density at radius 3 is 2.75 bits per heavy atom. The van der Waals surface area contributed by atoms with Crippen molar-refractivity contribution in [3.8, 4) is 0 Å². The summed E-state index contributed by atoms with van der Waals surface area (Å²) in [6.45, 7) is 2.24. The quantitative estimate of drug-likeness (QED) is 0.913. The number of piperidine rings is 1. The Hall–Kier alpha value is -1.62. The van der Waals surface area contributed by atoms with Crippen molar-refractivity contribution in [1.29, 1.82) is 0 Å². The van der Waals surface area contributed by atoms with Crippen molar-refractivity contribution in [3.05, 3.63) is 34.6 Å². The van der Waals surface area contributed by atoms with Crippen LogP contribution in [0.2, 0.25) is 5.02 Å². The first-order valence-corrected chi connectivity index (χ1v) is 6.69. The van der Waals surface area contributed by atoms with Crippen molar-refractivity contribution in [2.75, 3.05) is 13.1 Å². The van der Waals surface area contributed by atoms with Crippen molar-refractivity contribution < 1.29 is 19.1 Å². The molecule has 2 rings (SSSR count). The van der Waals surface area contributed by atoms with E-state index in [0.717, 1.165) is 6.07 Å². The van der Waals surface area contributed by atoms with Gasteiger partial charge in [0, 0.05) is 13.1 Å². The van der Waals surface area contributed by atoms with Gasteiger partial charge in [0.25, 0.3) is 5.91 Å². The number of carbonyl (C=O) groups excluding carboxylic acids is 1. The fourth-order valence-electron chi connectivity index (χ4n) is 2.42. The van der Waals surface area contributed by atoms with E-state index in [9.17, 15) is 19.1 Å². The predicted molar refractivity (Wildman–Crippen MR) is 72.3 cm³/mol. The fourth-order valence-corrected chi connectivity index (χ4v) is 2.67. The van der Waals surface area contributed by atoms with E-state index in [2.05, 4.69) is 0 Å². The van der Waals surface area contributed by atoms with Gasteiger partial charge >= 0.3 is 5.97 Å². The number of carbonyl (C=O) groups is 2. The summed E-state index contributed by atoms with van der Waals surface area (Å²) in [6, 6.07) is 3.57. The van der Waals surface area contributed by atoms with E-state index in [4.69, 9.17) is 11.6 Å². The summed E-state index contributed by atoms with van der Waals surface area (Å²) in [6.07, 6.45) is 1.15. The number of halogens is 2. The largest absolute Gasteiger partial charge is 0.481 e. The van der Waals surface area contributed by atoms with Crippen molar-refractivity contribution in [2.45, 2.75) is 19.8 Å². The van der Waals surface area contributed by atoms with Crippen LogP contribution in [0.15, 0.2) is 18.2 Å². The molecule has 1 aromatic carbocycles. The molecule has 1 unspecified atom stereocenters. The molecule has 1 saturated heterocycles. The van der Waals surface area contributed by atoms with E-state index < -0.39 is 17.2 Å². The number of carboxylic acids is 1. The van der Waals surface area contributed by atoms with Crippen LogP contribution in [-0.2, 0) is 4.79 Å². The summed E-state index contributed by atoms with van der Waals surface area (Å²) < 4.78 is 13.0. The molecule has 1 aromatic rings. The van der Waals surface area contributed by atoms with E-state index in [-0.39, 0.29) is 23.0 Å². The summed E-state index contributed by atoms with van der Waals surface area (Å²) in [4.78, 5) is 25.1. The van der Waals surface area contributed by atoms with Crippen molar-refractivity contribution in [3.63, 3.8) is 0 Å². The summed E-state index contributed by atoms with van der Waals surface area (Å²) in [5, 5.41) is 9.28. The molecule has 1 atom stereocenters. The van der Waals surface area contributed by atoms with Gasteiger partial charge in [-0.05, 0) is 38.0 Å². The maximum Gasteiger partial charge on any atom is 0.311 e. The summed E-state index contributed by atoms with van der Waals surface area (Å²) >= 11 is 5.87. The van der Waals surface area contributed by atoms with Gasteiger partial charge in [-0.3, -0.25) is 9.59 Å². The van der Waals surface area contributed by atoms with Gasteiger partial charge in [0.15, 0.2) is 0 Å². The van der Waals surface area contributed by atoms with Crippen LogP contribution < -0.4 is 0 Å². The first-order valence-electron chi connectivity index (χ1n) is 6.31. The second kappa shape index (κ2) is 5.40. The van der Waals surface area contributed by atoms with Gasteiger partial charge < -0.3 is 10.0 Å². The van der Waals surface area contributed by atoms with E-state index >= 15 is 0 Å². The molecule has 0 saturated carbocycles. The average Bonchev–Trinajstić information content (AvgIpc) is 2.38. The van der Waals surface area contributed by atoms with Crippen LogP contribution in [-0.4, -0.2) is 35.0 Å². The minimum absolute atomic E-state index is 0.0394. The Kier molecular flexibility index (Phi) is 3.99. The number of aliphatic carboxylic acids is 1. The number of amides is 1. The van der Waals surface area contributed by atoms with Gasteiger partial charge in [-0.15, -0.1) is 0 Å². The zero-order valence-corrected chi connectivity index (χ0v) is 11.8. The van der Waals surface area contributed by atoms with Crippen LogP contribution in [0, 0.1) is 11.2 Å². The van der Waals surface area contributed by atoms with Gasteiger partial charge in [0.2, 0.25) is 0 Å². The number of likely N-dealkylation sites (tertiary alicyclic amines) is 1. The van der Waals surface area contributed by atoms with Gasteiger partial charge in [-0.2, -0.15) is 0 Å². The van der Waals surface area contributed by atoms with E-state index in [1.807, 2.05) is 0 Å². The second-order valence-electron chi connectivity index (χ2n) is 5.32. The minimum atomic E-state index is -0.944. The maximum atomic E-state index is 13.0. The second-order valence-corrected chi connectivity index (χ2v) is 5.73. The number of hydrogen-bond acceptors (Lipinski definition) is 2. The van der Waals surface area contributed by atoms with Crippen LogP contribution in [0.5, 0.6) is 0 Å². The molecule has 1 aliphatic rings. The molecule has 1 fully saturated rings. The Balaban J connectivity index is 2.23. The van der Waals surface area contributed by atoms with E-state index in [1.54, 1.807) is 6.92 Å². The highest BCUT2D eigenvalue weighted by Gasteiger charge is 2.39. The molecular formula is C14H15ClFNO3. The number of rotatable bonds is 2. The lowest BCUT2D eigenvalue weighted by molar-refractivity contribution is -0.150. The van der Waals surface area contributed by atoms with Gasteiger partial charge in [-0.25, -0.2) is 4.39 Å². The average molecular weight is 300 g/mol. The highest BCUT2D eigenvalue weighted by molar-refractivity contribution is 6.33. The Labute approximate surface area is 121 Å². The third-order valence-corrected chi connectivity index (χ3v) is 3.97. The van der Waals surface area contributed by atoms with Gasteiger partial charge in [0.1, 0.15) is 5.82 Å². The van der Waals surface area contributed by atoms with Gasteiger partial charge in [0.05, 0.1) is 16.0 Å². The smallest absolute Gasteiger partial charge is 0.311 e. The van der Waals surface area contributed by atoms with E-state index in [1.165, 1.54) is 17.0 Å². The molecule has 1 N–H and O–H groups in total. The van der Waals surface area contributed by atoms with Crippen molar-refractivity contribution >= 4 is 23.5 Å². The molecule has 0 aliphatic carbocycles. The highest BCUT2D eigenvalue weighted by Crippen LogP contribution is 2.31. The van der Waals surface area contributed by atoms with Crippen molar-refractivity contribution in [2.24, 2.45) is 5.41 Å². The summed E-state index contributed by atoms with van der Waals surface area (Å²) in [7, 11) is 0. The number of carboxylic acid groups (broad SMARTS) is 1. The van der Waals surface area contributed by atoms with Crippen LogP contribution in [0.1, 0.15) is 30.1 Å². The van der Waals surface area contributed by atoms with Crippen LogP contribution in [0.25, 0.3) is 0 Å². The third-order valence-electron chi connectivity index (χ3n) is 3.66. The number of hydrogen-bond donors (Lipinski definition) is 1. The number of benzene rings is 1. The van der Waals surface area contributed by atoms with Crippen molar-refractivity contribution in [1.82, 2.24) is 4.90 Å². The first-order chi connectivity index (χ1) is 9.33. The standard InChI is InChI=1S/C14H15ClFNO3/c1-14(13(19)20)5-2-6-17(8-14)12(18)10-4-3-9(16)7-11(10)15/h3-4,7H,2,5-6,8H2,1H3,(H,19,20). The zero-order chi connectivity index (χ0) is 14.9. The summed E-state index contributed by atoms with van der Waals surface area (Å²) in [5.74, 6) is -1.79. The molecule has 1 heterocycles. The fraction of sp³-hybridized carbons (Fsp3) is 0.429. The monoisotopic (exact) mass is 299 g/mol. The Morgan fingerprint density at radius 1 is 1.45 bits per heavy atom. The SMILES string of the molecule is CC1(C(=O)O)CCCN(C(=O)c2ccc(F)cc2Cl)C1. The lowest BCUT2D eigenvalue weighted by Gasteiger charge is -2.37. The summed E-state index contributed by atoms with van der Waals surface area (Å²) in [5.41, 5.74) is -0.747. The van der Waals surface area contributed by atoms with Gasteiger partial charge in [-0.1, -0.05) is 11.6 Å². The number of nitrogens with zero attached hydrogens (tertiary/aromatic N) is 1. The lowest BCUT2D eigenvalue weighted by atomic mass is 9.82. The highest BCUT2D eigenvalue weighted by atomic mass is 35.5. The molecule has 1 amide bonds. The lowest BCUT2D eigenvalue weighted by Crippen LogP contribution is -2.48.